The molecule has 1 radical (unpaired) electrons. The van der Waals surface area contributed by atoms with E-state index in [1.165, 1.54) is 0 Å². The number of nitrogens with one attached hydrogen (secondary N) is 2. The van der Waals surface area contributed by atoms with Gasteiger partial charge in [0.15, 0.2) is 0 Å². The van der Waals surface area contributed by atoms with E-state index < -0.39 is 42.4 Å². The molecular weight excluding hydrogens is 290 g/mol. The molecule has 0 heterocycles. The molecule has 10 heteroatoms. The molecule has 2 amide bonds. The van der Waals surface area contributed by atoms with E-state index in [9.17, 15) is 19.2 Å². The lowest BCUT2D eigenvalue weighted by Gasteiger charge is -2.15. The van der Waals surface area contributed by atoms with Crippen LogP contribution in [0.5, 0.6) is 0 Å². The largest absolute Gasteiger partial charge is 0.480 e. The number of rotatable bonds is 9. The maximum atomic E-state index is 11.5. The highest BCUT2D eigenvalue weighted by Gasteiger charge is 2.21. The van der Waals surface area contributed by atoms with Gasteiger partial charge >= 0.3 is 11.9 Å². The van der Waals surface area contributed by atoms with E-state index in [-0.39, 0.29) is 18.6 Å². The molecular formula is C10H16N3O6S. The fraction of sp³-hybridized carbons (Fsp3) is 0.600. The smallest absolute Gasteiger partial charge is 0.322 e. The summed E-state index contributed by atoms with van der Waals surface area (Å²) in [5.74, 6) is -3.88. The monoisotopic (exact) mass is 306 g/mol. The summed E-state index contributed by atoms with van der Waals surface area (Å²) < 4.78 is 0. The summed E-state index contributed by atoms with van der Waals surface area (Å²) in [5.41, 5.74) is 5.22. The van der Waals surface area contributed by atoms with Gasteiger partial charge in [-0.3, -0.25) is 19.2 Å². The van der Waals surface area contributed by atoms with E-state index in [4.69, 9.17) is 15.9 Å². The number of carbonyl (C=O) groups is 4. The molecule has 0 aliphatic carbocycles. The second-order valence-corrected chi connectivity index (χ2v) is 4.22. The predicted octanol–water partition coefficient (Wildman–Crippen LogP) is -1.94. The van der Waals surface area contributed by atoms with Crippen LogP contribution >= 0.6 is 12.6 Å². The van der Waals surface area contributed by atoms with Gasteiger partial charge in [-0.1, -0.05) is 12.6 Å². The number of carboxylic acids is 2. The summed E-state index contributed by atoms with van der Waals surface area (Å²) in [6, 6.07) is -2.21. The third-order valence-corrected chi connectivity index (χ3v) is 2.57. The van der Waals surface area contributed by atoms with Crippen molar-refractivity contribution in [1.82, 2.24) is 10.6 Å². The fourth-order valence-electron chi connectivity index (χ4n) is 1.15. The van der Waals surface area contributed by atoms with E-state index in [1.54, 1.807) is 0 Å². The summed E-state index contributed by atoms with van der Waals surface area (Å²) in [4.78, 5) is 43.7. The number of amides is 2. The van der Waals surface area contributed by atoms with Gasteiger partial charge in [-0.15, -0.1) is 0 Å². The Bertz CT molecular complexity index is 389. The van der Waals surface area contributed by atoms with Gasteiger partial charge in [0.1, 0.15) is 18.6 Å². The number of carbonyl (C=O) groups excluding carboxylic acids is 2. The minimum absolute atomic E-state index is 0.0813. The highest BCUT2D eigenvalue weighted by molar-refractivity contribution is 7.80. The van der Waals surface area contributed by atoms with Crippen LogP contribution in [0.2, 0.25) is 0 Å². The number of hydrogen-bond donors (Lipinski definition) is 5. The van der Waals surface area contributed by atoms with E-state index in [0.29, 0.717) is 0 Å². The molecule has 0 saturated carbocycles. The molecule has 9 nitrogen and oxygen atoms in total. The molecule has 0 aromatic rings. The zero-order valence-corrected chi connectivity index (χ0v) is 11.3. The Balaban J connectivity index is 4.21. The Morgan fingerprint density at radius 3 is 2.25 bits per heavy atom. The van der Waals surface area contributed by atoms with Crippen LogP contribution in [0.1, 0.15) is 12.8 Å². The van der Waals surface area contributed by atoms with Crippen molar-refractivity contribution in [3.8, 4) is 0 Å². The molecule has 0 aliphatic rings. The molecule has 0 aromatic carbocycles. The molecule has 113 valence electrons. The highest BCUT2D eigenvalue weighted by atomic mass is 32.1. The summed E-state index contributed by atoms with van der Waals surface area (Å²) in [6.45, 7) is -0.579. The van der Waals surface area contributed by atoms with E-state index in [0.717, 1.165) is 0 Å². The van der Waals surface area contributed by atoms with E-state index in [1.807, 2.05) is 0 Å². The number of hydrogen-bond acceptors (Lipinski definition) is 5. The first kappa shape index (κ1) is 18.2. The van der Waals surface area contributed by atoms with Crippen molar-refractivity contribution in [3.05, 3.63) is 0 Å². The zero-order chi connectivity index (χ0) is 15.7. The van der Waals surface area contributed by atoms with Crippen LogP contribution in [0.15, 0.2) is 0 Å². The lowest BCUT2D eigenvalue weighted by atomic mass is 10.1. The molecule has 0 fully saturated rings. The molecule has 0 saturated heterocycles. The van der Waals surface area contributed by atoms with Crippen LogP contribution in [0.3, 0.4) is 0 Å². The van der Waals surface area contributed by atoms with Gasteiger partial charge in [-0.2, -0.15) is 0 Å². The van der Waals surface area contributed by atoms with Gasteiger partial charge in [0, 0.05) is 12.2 Å². The average molecular weight is 306 g/mol. The van der Waals surface area contributed by atoms with Gasteiger partial charge in [-0.05, 0) is 6.42 Å². The minimum Gasteiger partial charge on any atom is -0.480 e. The van der Waals surface area contributed by atoms with Crippen LogP contribution in [-0.4, -0.2) is 58.3 Å². The van der Waals surface area contributed by atoms with E-state index >= 15 is 0 Å². The van der Waals surface area contributed by atoms with Crippen molar-refractivity contribution in [2.45, 2.75) is 24.9 Å². The Hall–Kier alpha value is -1.81. The first-order valence-corrected chi connectivity index (χ1v) is 6.21. The Labute approximate surface area is 120 Å². The van der Waals surface area contributed by atoms with E-state index in [2.05, 4.69) is 23.3 Å². The lowest BCUT2D eigenvalue weighted by Crippen LogP contribution is -2.49. The standard InChI is InChI=1S/C10H16N3O6S/c11-5(10(18)19)1-2-7(14)13-6(4-20)9(17)12-3-8(15)16/h5-6H,1-4,11H2,(H,12,17)(H,13,14)(H,15,16)(H,18,19)/t5-,6-/m0/s1. The van der Waals surface area contributed by atoms with Crippen molar-refractivity contribution in [1.29, 1.82) is 0 Å². The van der Waals surface area contributed by atoms with Crippen molar-refractivity contribution in [3.63, 3.8) is 0 Å². The zero-order valence-electron chi connectivity index (χ0n) is 10.5. The SMILES string of the molecule is N[C@@H](CCC(=O)N[C@@H](C[S])C(=O)NCC(=O)O)C(=O)O. The van der Waals surface area contributed by atoms with Gasteiger partial charge < -0.3 is 26.6 Å². The maximum Gasteiger partial charge on any atom is 0.322 e. The fourth-order valence-corrected chi connectivity index (χ4v) is 1.38. The summed E-state index contributed by atoms with van der Waals surface area (Å²) >= 11 is 4.68. The van der Waals surface area contributed by atoms with Gasteiger partial charge in [-0.25, -0.2) is 0 Å². The second-order valence-electron chi connectivity index (χ2n) is 3.88. The van der Waals surface area contributed by atoms with Crippen molar-refractivity contribution in [2.24, 2.45) is 5.73 Å². The highest BCUT2D eigenvalue weighted by Crippen LogP contribution is 1.97. The summed E-state index contributed by atoms with van der Waals surface area (Å²) in [5, 5.41) is 21.3. The van der Waals surface area contributed by atoms with Gasteiger partial charge in [0.2, 0.25) is 11.8 Å². The number of carboxylic acid groups (broad SMARTS) is 2. The minimum atomic E-state index is -1.23. The maximum absolute atomic E-state index is 11.5. The molecule has 0 unspecified atom stereocenters. The van der Waals surface area contributed by atoms with Crippen molar-refractivity contribution in [2.75, 3.05) is 12.3 Å². The molecule has 0 aromatic heterocycles. The molecule has 0 spiro atoms. The van der Waals surface area contributed by atoms with Gasteiger partial charge in [0.05, 0.1) is 0 Å². The molecule has 0 aliphatic heterocycles. The average Bonchev–Trinajstić information content (AvgIpc) is 2.38. The second kappa shape index (κ2) is 9.15. The van der Waals surface area contributed by atoms with Crippen LogP contribution in [-0.2, 0) is 19.2 Å². The Morgan fingerprint density at radius 2 is 1.80 bits per heavy atom. The third-order valence-electron chi connectivity index (χ3n) is 2.23. The third kappa shape index (κ3) is 7.59. The van der Waals surface area contributed by atoms with Crippen LogP contribution in [0.25, 0.3) is 0 Å². The van der Waals surface area contributed by atoms with Crippen LogP contribution in [0, 0.1) is 0 Å². The number of aliphatic carboxylic acids is 2. The van der Waals surface area contributed by atoms with Crippen molar-refractivity contribution < 1.29 is 29.4 Å². The lowest BCUT2D eigenvalue weighted by molar-refractivity contribution is -0.139. The topological polar surface area (TPSA) is 159 Å². The first-order valence-electron chi connectivity index (χ1n) is 5.63. The van der Waals surface area contributed by atoms with Crippen molar-refractivity contribution >= 4 is 36.4 Å². The Kier molecular flexibility index (Phi) is 8.32. The Morgan fingerprint density at radius 1 is 1.20 bits per heavy atom. The summed E-state index contributed by atoms with van der Waals surface area (Å²) in [6.07, 6.45) is -0.256. The normalized spacial score (nSPS) is 13.1. The molecule has 2 atom stereocenters. The predicted molar refractivity (Wildman–Crippen MR) is 69.9 cm³/mol. The first-order chi connectivity index (χ1) is 9.27. The number of nitrogens with two attached hydrogens (primary N) is 1. The molecule has 20 heavy (non-hydrogen) atoms. The summed E-state index contributed by atoms with van der Waals surface area (Å²) in [7, 11) is 0. The quantitative estimate of drug-likeness (QED) is 0.331. The molecule has 0 bridgehead atoms. The van der Waals surface area contributed by atoms with Gasteiger partial charge in [0.25, 0.3) is 0 Å². The van der Waals surface area contributed by atoms with Crippen LogP contribution < -0.4 is 16.4 Å². The molecule has 0 rings (SSSR count). The van der Waals surface area contributed by atoms with Crippen LogP contribution in [0.4, 0.5) is 0 Å². The molecule has 6 N–H and O–H groups in total.